The zero-order chi connectivity index (χ0) is 10.7. The monoisotopic (exact) mass is 229 g/mol. The largest absolute Gasteiger partial charge is 0.368 e. The molecule has 0 radical (unpaired) electrons. The number of primary amides is 1. The maximum absolute atomic E-state index is 11.7. The third-order valence-electron chi connectivity index (χ3n) is 3.40. The molecule has 0 saturated carbocycles. The molecule has 0 bridgehead atoms. The molecule has 15 heavy (non-hydrogen) atoms. The van der Waals surface area contributed by atoms with Gasteiger partial charge in [-0.1, -0.05) is 0 Å². The molecule has 1 amide bonds. The van der Waals surface area contributed by atoms with E-state index in [0.29, 0.717) is 0 Å². The van der Waals surface area contributed by atoms with E-state index in [1.807, 2.05) is 11.8 Å². The van der Waals surface area contributed by atoms with Gasteiger partial charge in [0.15, 0.2) is 0 Å². The van der Waals surface area contributed by atoms with Crippen LogP contribution in [-0.4, -0.2) is 54.0 Å². The molecular weight excluding hydrogens is 210 g/mol. The maximum atomic E-state index is 11.7. The first-order chi connectivity index (χ1) is 7.26. The molecule has 0 aliphatic carbocycles. The summed E-state index contributed by atoms with van der Waals surface area (Å²) in [5, 5.41) is 3.36. The van der Waals surface area contributed by atoms with Crippen LogP contribution >= 0.6 is 11.8 Å². The van der Waals surface area contributed by atoms with Gasteiger partial charge >= 0.3 is 0 Å². The Morgan fingerprint density at radius 1 is 1.40 bits per heavy atom. The van der Waals surface area contributed by atoms with Gasteiger partial charge in [-0.2, -0.15) is 11.8 Å². The number of nitrogens with one attached hydrogen (secondary N) is 1. The van der Waals surface area contributed by atoms with E-state index in [0.717, 1.165) is 50.5 Å². The van der Waals surface area contributed by atoms with Gasteiger partial charge in [-0.05, 0) is 25.1 Å². The second-order valence-corrected chi connectivity index (χ2v) is 5.39. The molecule has 2 fully saturated rings. The zero-order valence-corrected chi connectivity index (χ0v) is 9.81. The highest BCUT2D eigenvalue weighted by atomic mass is 32.2. The summed E-state index contributed by atoms with van der Waals surface area (Å²) in [5.41, 5.74) is 5.25. The van der Waals surface area contributed by atoms with Crippen molar-refractivity contribution >= 4 is 17.7 Å². The van der Waals surface area contributed by atoms with Crippen LogP contribution in [0.2, 0.25) is 0 Å². The molecular formula is C10H19N3OS. The molecule has 0 aromatic carbocycles. The average Bonchev–Trinajstić information content (AvgIpc) is 2.56. The van der Waals surface area contributed by atoms with Gasteiger partial charge < -0.3 is 11.1 Å². The molecule has 2 saturated heterocycles. The third kappa shape index (κ3) is 2.14. The zero-order valence-electron chi connectivity index (χ0n) is 9.00. The van der Waals surface area contributed by atoms with Crippen molar-refractivity contribution in [3.63, 3.8) is 0 Å². The molecule has 2 rings (SSSR count). The first-order valence-electron chi connectivity index (χ1n) is 5.59. The Balaban J connectivity index is 2.12. The van der Waals surface area contributed by atoms with Crippen molar-refractivity contribution in [3.8, 4) is 0 Å². The molecule has 2 heterocycles. The summed E-state index contributed by atoms with van der Waals surface area (Å²) < 4.78 is 0. The van der Waals surface area contributed by atoms with Crippen LogP contribution in [-0.2, 0) is 4.79 Å². The molecule has 86 valence electrons. The van der Waals surface area contributed by atoms with Gasteiger partial charge in [0.1, 0.15) is 5.54 Å². The lowest BCUT2D eigenvalue weighted by molar-refractivity contribution is -0.128. The fourth-order valence-corrected chi connectivity index (χ4v) is 3.86. The van der Waals surface area contributed by atoms with Crippen molar-refractivity contribution in [2.75, 3.05) is 37.7 Å². The lowest BCUT2D eigenvalue weighted by Gasteiger charge is -2.37. The number of nitrogens with two attached hydrogens (primary N) is 1. The third-order valence-corrected chi connectivity index (χ3v) is 4.58. The molecule has 0 aromatic heterocycles. The number of carbonyl (C=O) groups is 1. The van der Waals surface area contributed by atoms with Crippen molar-refractivity contribution in [1.29, 1.82) is 0 Å². The van der Waals surface area contributed by atoms with E-state index in [2.05, 4.69) is 10.2 Å². The lowest BCUT2D eigenvalue weighted by Crippen LogP contribution is -2.58. The van der Waals surface area contributed by atoms with Gasteiger partial charge in [0.05, 0.1) is 0 Å². The standard InChI is InChI=1S/C10H19N3OS/c11-9(14)10(2-7-15-8-10)13-5-1-3-12-4-6-13/h12H,1-8H2,(H2,11,14). The Kier molecular flexibility index (Phi) is 3.53. The van der Waals surface area contributed by atoms with E-state index in [4.69, 9.17) is 5.73 Å². The van der Waals surface area contributed by atoms with Crippen molar-refractivity contribution in [2.24, 2.45) is 5.73 Å². The summed E-state index contributed by atoms with van der Waals surface area (Å²) in [7, 11) is 0. The number of rotatable bonds is 2. The van der Waals surface area contributed by atoms with E-state index in [1.165, 1.54) is 0 Å². The van der Waals surface area contributed by atoms with Crippen LogP contribution in [0.3, 0.4) is 0 Å². The van der Waals surface area contributed by atoms with Gasteiger partial charge in [0.25, 0.3) is 0 Å². The molecule has 3 N–H and O–H groups in total. The van der Waals surface area contributed by atoms with Crippen molar-refractivity contribution in [3.05, 3.63) is 0 Å². The highest BCUT2D eigenvalue weighted by Gasteiger charge is 2.45. The second-order valence-electron chi connectivity index (χ2n) is 4.29. The van der Waals surface area contributed by atoms with E-state index >= 15 is 0 Å². The van der Waals surface area contributed by atoms with Crippen LogP contribution in [0.1, 0.15) is 12.8 Å². The smallest absolute Gasteiger partial charge is 0.238 e. The minimum atomic E-state index is -0.351. The summed E-state index contributed by atoms with van der Waals surface area (Å²) in [6.07, 6.45) is 2.03. The van der Waals surface area contributed by atoms with Gasteiger partial charge in [-0.15, -0.1) is 0 Å². The molecule has 0 aromatic rings. The van der Waals surface area contributed by atoms with Crippen LogP contribution in [0.25, 0.3) is 0 Å². The first-order valence-corrected chi connectivity index (χ1v) is 6.75. The normalized spacial score (nSPS) is 33.9. The molecule has 2 aliphatic rings. The number of amides is 1. The first kappa shape index (κ1) is 11.2. The van der Waals surface area contributed by atoms with E-state index in [1.54, 1.807) is 0 Å². The van der Waals surface area contributed by atoms with Crippen molar-refractivity contribution < 1.29 is 4.79 Å². The van der Waals surface area contributed by atoms with Gasteiger partial charge in [0.2, 0.25) is 5.91 Å². The lowest BCUT2D eigenvalue weighted by atomic mass is 9.95. The summed E-state index contributed by atoms with van der Waals surface area (Å²) in [6.45, 7) is 3.97. The molecule has 0 spiro atoms. The SMILES string of the molecule is NC(=O)C1(N2CCCNCC2)CCSC1. The predicted octanol–water partition coefficient (Wildman–Crippen LogP) is -0.357. The van der Waals surface area contributed by atoms with Crippen LogP contribution in [0.4, 0.5) is 0 Å². The van der Waals surface area contributed by atoms with E-state index < -0.39 is 0 Å². The Bertz CT molecular complexity index is 233. The number of carbonyl (C=O) groups excluding carboxylic acids is 1. The quantitative estimate of drug-likeness (QED) is 0.679. The van der Waals surface area contributed by atoms with Crippen molar-refractivity contribution in [1.82, 2.24) is 10.2 Å². The topological polar surface area (TPSA) is 58.4 Å². The molecule has 1 unspecified atom stereocenters. The van der Waals surface area contributed by atoms with Gasteiger partial charge in [-0.3, -0.25) is 9.69 Å². The van der Waals surface area contributed by atoms with Crippen molar-refractivity contribution in [2.45, 2.75) is 18.4 Å². The Morgan fingerprint density at radius 3 is 2.93 bits per heavy atom. The number of hydrogen-bond acceptors (Lipinski definition) is 4. The van der Waals surface area contributed by atoms with E-state index in [9.17, 15) is 4.79 Å². The fraction of sp³-hybridized carbons (Fsp3) is 0.900. The highest BCUT2D eigenvalue weighted by molar-refractivity contribution is 7.99. The highest BCUT2D eigenvalue weighted by Crippen LogP contribution is 2.33. The number of nitrogens with zero attached hydrogens (tertiary/aromatic N) is 1. The second kappa shape index (κ2) is 4.72. The molecule has 4 nitrogen and oxygen atoms in total. The number of thioether (sulfide) groups is 1. The van der Waals surface area contributed by atoms with Crippen LogP contribution in [0.5, 0.6) is 0 Å². The summed E-state index contributed by atoms with van der Waals surface area (Å²) in [4.78, 5) is 14.0. The minimum absolute atomic E-state index is 0.130. The van der Waals surface area contributed by atoms with Gasteiger partial charge in [-0.25, -0.2) is 0 Å². The molecule has 2 aliphatic heterocycles. The van der Waals surface area contributed by atoms with Crippen LogP contribution in [0.15, 0.2) is 0 Å². The summed E-state index contributed by atoms with van der Waals surface area (Å²) in [5.74, 6) is 1.81. The Labute approximate surface area is 94.9 Å². The fourth-order valence-electron chi connectivity index (χ4n) is 2.43. The van der Waals surface area contributed by atoms with Gasteiger partial charge in [0, 0.05) is 25.4 Å². The minimum Gasteiger partial charge on any atom is -0.368 e. The number of hydrogen-bond donors (Lipinski definition) is 2. The average molecular weight is 229 g/mol. The van der Waals surface area contributed by atoms with Crippen LogP contribution < -0.4 is 11.1 Å². The van der Waals surface area contributed by atoms with E-state index in [-0.39, 0.29) is 11.4 Å². The predicted molar refractivity (Wildman–Crippen MR) is 62.9 cm³/mol. The Hall–Kier alpha value is -0.260. The Morgan fingerprint density at radius 2 is 2.27 bits per heavy atom. The van der Waals surface area contributed by atoms with Crippen LogP contribution in [0, 0.1) is 0 Å². The molecule has 5 heteroatoms. The summed E-state index contributed by atoms with van der Waals surface area (Å²) >= 11 is 1.85. The maximum Gasteiger partial charge on any atom is 0.238 e. The molecule has 1 atom stereocenters. The summed E-state index contributed by atoms with van der Waals surface area (Å²) in [6, 6.07) is 0.